The van der Waals surface area contributed by atoms with Gasteiger partial charge in [0.15, 0.2) is 11.5 Å². The van der Waals surface area contributed by atoms with Crippen LogP contribution in [0.4, 0.5) is 4.39 Å². The van der Waals surface area contributed by atoms with Crippen molar-refractivity contribution in [2.24, 2.45) is 5.73 Å². The standard InChI is InChI=1S/C12H16FNO2/c1-16-10-7-9(13)6-8(11(10)15)2-3-12(14)4-5-12/h6-7,15H,2-5,14H2,1H3. The number of hydrogen-bond acceptors (Lipinski definition) is 3. The summed E-state index contributed by atoms with van der Waals surface area (Å²) in [4.78, 5) is 0. The van der Waals surface area contributed by atoms with E-state index >= 15 is 0 Å². The van der Waals surface area contributed by atoms with Gasteiger partial charge < -0.3 is 15.6 Å². The van der Waals surface area contributed by atoms with Gasteiger partial charge in [0.2, 0.25) is 0 Å². The van der Waals surface area contributed by atoms with Gasteiger partial charge in [-0.3, -0.25) is 0 Å². The highest BCUT2D eigenvalue weighted by atomic mass is 19.1. The van der Waals surface area contributed by atoms with Crippen LogP contribution in [0.5, 0.6) is 11.5 Å². The predicted molar refractivity (Wildman–Crippen MR) is 59.1 cm³/mol. The average Bonchev–Trinajstić information content (AvgIpc) is 2.98. The zero-order valence-corrected chi connectivity index (χ0v) is 9.29. The molecule has 1 saturated carbocycles. The molecule has 2 rings (SSSR count). The van der Waals surface area contributed by atoms with E-state index in [1.165, 1.54) is 19.2 Å². The number of nitrogens with two attached hydrogens (primary N) is 1. The van der Waals surface area contributed by atoms with Crippen LogP contribution < -0.4 is 10.5 Å². The number of benzene rings is 1. The largest absolute Gasteiger partial charge is 0.504 e. The maximum atomic E-state index is 13.2. The molecule has 0 aromatic heterocycles. The Hall–Kier alpha value is -1.29. The molecule has 3 N–H and O–H groups in total. The molecular formula is C12H16FNO2. The lowest BCUT2D eigenvalue weighted by atomic mass is 10.0. The van der Waals surface area contributed by atoms with Gasteiger partial charge in [0, 0.05) is 17.2 Å². The minimum Gasteiger partial charge on any atom is -0.504 e. The van der Waals surface area contributed by atoms with Crippen LogP contribution in [0.15, 0.2) is 12.1 Å². The van der Waals surface area contributed by atoms with Crippen LogP contribution in [0, 0.1) is 5.82 Å². The van der Waals surface area contributed by atoms with Crippen molar-refractivity contribution < 1.29 is 14.2 Å². The highest BCUT2D eigenvalue weighted by Gasteiger charge is 2.37. The molecule has 1 aromatic carbocycles. The number of aryl methyl sites for hydroxylation is 1. The Balaban J connectivity index is 2.15. The van der Waals surface area contributed by atoms with E-state index in [1.807, 2.05) is 0 Å². The summed E-state index contributed by atoms with van der Waals surface area (Å²) in [5.74, 6) is -0.198. The highest BCUT2D eigenvalue weighted by Crippen LogP contribution is 2.39. The highest BCUT2D eigenvalue weighted by molar-refractivity contribution is 5.46. The molecule has 1 aliphatic carbocycles. The molecule has 0 spiro atoms. The van der Waals surface area contributed by atoms with Crippen molar-refractivity contribution in [1.82, 2.24) is 0 Å². The van der Waals surface area contributed by atoms with Gasteiger partial charge in [-0.05, 0) is 31.7 Å². The summed E-state index contributed by atoms with van der Waals surface area (Å²) in [6.45, 7) is 0. The Bertz CT molecular complexity index is 402. The van der Waals surface area contributed by atoms with Crippen LogP contribution in [0.2, 0.25) is 0 Å². The normalized spacial score (nSPS) is 17.2. The van der Waals surface area contributed by atoms with Gasteiger partial charge in [-0.25, -0.2) is 4.39 Å². The molecular weight excluding hydrogens is 209 g/mol. The topological polar surface area (TPSA) is 55.5 Å². The summed E-state index contributed by atoms with van der Waals surface area (Å²) in [6, 6.07) is 2.51. The average molecular weight is 225 g/mol. The van der Waals surface area contributed by atoms with E-state index in [0.29, 0.717) is 12.0 Å². The lowest BCUT2D eigenvalue weighted by Gasteiger charge is -2.11. The number of phenols is 1. The van der Waals surface area contributed by atoms with Gasteiger partial charge in [0.1, 0.15) is 5.82 Å². The molecule has 0 radical (unpaired) electrons. The van der Waals surface area contributed by atoms with E-state index in [0.717, 1.165) is 19.3 Å². The Kier molecular flexibility index (Phi) is 2.76. The molecule has 0 heterocycles. The van der Waals surface area contributed by atoms with Crippen LogP contribution in [0.25, 0.3) is 0 Å². The molecule has 0 aliphatic heterocycles. The Labute approximate surface area is 94.0 Å². The molecule has 1 aliphatic rings. The SMILES string of the molecule is COc1cc(F)cc(CCC2(N)CC2)c1O. The first-order chi connectivity index (χ1) is 7.54. The summed E-state index contributed by atoms with van der Waals surface area (Å²) < 4.78 is 18.1. The Morgan fingerprint density at radius 3 is 2.75 bits per heavy atom. The monoisotopic (exact) mass is 225 g/mol. The van der Waals surface area contributed by atoms with Crippen molar-refractivity contribution in [1.29, 1.82) is 0 Å². The van der Waals surface area contributed by atoms with E-state index in [-0.39, 0.29) is 17.0 Å². The third kappa shape index (κ3) is 2.27. The fourth-order valence-electron chi connectivity index (χ4n) is 1.77. The van der Waals surface area contributed by atoms with Crippen molar-refractivity contribution in [3.8, 4) is 11.5 Å². The van der Waals surface area contributed by atoms with E-state index in [1.54, 1.807) is 0 Å². The molecule has 4 heteroatoms. The summed E-state index contributed by atoms with van der Waals surface area (Å²) in [7, 11) is 1.41. The summed E-state index contributed by atoms with van der Waals surface area (Å²) in [6.07, 6.45) is 3.38. The third-order valence-electron chi connectivity index (χ3n) is 3.12. The molecule has 0 atom stereocenters. The van der Waals surface area contributed by atoms with Crippen molar-refractivity contribution in [2.45, 2.75) is 31.2 Å². The second-order valence-electron chi connectivity index (χ2n) is 4.48. The molecule has 0 amide bonds. The van der Waals surface area contributed by atoms with Crippen molar-refractivity contribution in [3.63, 3.8) is 0 Å². The molecule has 3 nitrogen and oxygen atoms in total. The van der Waals surface area contributed by atoms with Gasteiger partial charge in [-0.2, -0.15) is 0 Å². The van der Waals surface area contributed by atoms with E-state index in [4.69, 9.17) is 10.5 Å². The maximum Gasteiger partial charge on any atom is 0.163 e. The number of hydrogen-bond donors (Lipinski definition) is 2. The minimum atomic E-state index is -0.397. The minimum absolute atomic E-state index is 0.0214. The van der Waals surface area contributed by atoms with Gasteiger partial charge >= 0.3 is 0 Å². The zero-order valence-electron chi connectivity index (χ0n) is 9.29. The third-order valence-corrected chi connectivity index (χ3v) is 3.12. The lowest BCUT2D eigenvalue weighted by Crippen LogP contribution is -2.22. The zero-order chi connectivity index (χ0) is 11.8. The Morgan fingerprint density at radius 1 is 1.50 bits per heavy atom. The fourth-order valence-corrected chi connectivity index (χ4v) is 1.77. The first kappa shape index (κ1) is 11.2. The van der Waals surface area contributed by atoms with Gasteiger partial charge in [0.05, 0.1) is 7.11 Å². The van der Waals surface area contributed by atoms with Crippen LogP contribution >= 0.6 is 0 Å². The molecule has 0 unspecified atom stereocenters. The van der Waals surface area contributed by atoms with Gasteiger partial charge in [-0.1, -0.05) is 0 Å². The van der Waals surface area contributed by atoms with Crippen molar-refractivity contribution >= 4 is 0 Å². The predicted octanol–water partition coefficient (Wildman–Crippen LogP) is 1.96. The number of aromatic hydroxyl groups is 1. The van der Waals surface area contributed by atoms with Crippen LogP contribution in [-0.2, 0) is 6.42 Å². The fraction of sp³-hybridized carbons (Fsp3) is 0.500. The number of ether oxygens (including phenoxy) is 1. The summed E-state index contributed by atoms with van der Waals surface area (Å²) in [5.41, 5.74) is 6.42. The second-order valence-corrected chi connectivity index (χ2v) is 4.48. The van der Waals surface area contributed by atoms with Crippen LogP contribution in [-0.4, -0.2) is 17.8 Å². The number of halogens is 1. The number of phenolic OH excluding ortho intramolecular Hbond substituents is 1. The number of rotatable bonds is 4. The van der Waals surface area contributed by atoms with E-state index < -0.39 is 5.82 Å². The molecule has 1 aromatic rings. The molecule has 0 bridgehead atoms. The first-order valence-electron chi connectivity index (χ1n) is 5.38. The molecule has 1 fully saturated rings. The lowest BCUT2D eigenvalue weighted by molar-refractivity contribution is 0.366. The molecule has 0 saturated heterocycles. The van der Waals surface area contributed by atoms with Crippen molar-refractivity contribution in [3.05, 3.63) is 23.5 Å². The molecule has 16 heavy (non-hydrogen) atoms. The maximum absolute atomic E-state index is 13.2. The van der Waals surface area contributed by atoms with Gasteiger partial charge in [-0.15, -0.1) is 0 Å². The summed E-state index contributed by atoms with van der Waals surface area (Å²) in [5, 5.41) is 9.80. The van der Waals surface area contributed by atoms with Crippen LogP contribution in [0.1, 0.15) is 24.8 Å². The Morgan fingerprint density at radius 2 is 2.19 bits per heavy atom. The van der Waals surface area contributed by atoms with Gasteiger partial charge in [0.25, 0.3) is 0 Å². The van der Waals surface area contributed by atoms with Crippen molar-refractivity contribution in [2.75, 3.05) is 7.11 Å². The second kappa shape index (κ2) is 3.94. The van der Waals surface area contributed by atoms with E-state index in [2.05, 4.69) is 0 Å². The first-order valence-corrected chi connectivity index (χ1v) is 5.38. The van der Waals surface area contributed by atoms with E-state index in [9.17, 15) is 9.50 Å². The smallest absolute Gasteiger partial charge is 0.163 e. The number of methoxy groups -OCH3 is 1. The molecule has 88 valence electrons. The quantitative estimate of drug-likeness (QED) is 0.823. The van der Waals surface area contributed by atoms with Crippen LogP contribution in [0.3, 0.4) is 0 Å². The summed E-state index contributed by atoms with van der Waals surface area (Å²) >= 11 is 0.